The molecule has 2 aromatic carbocycles. The van der Waals surface area contributed by atoms with Crippen molar-refractivity contribution in [3.8, 4) is 11.5 Å². The first-order valence-electron chi connectivity index (χ1n) is 9.28. The fourth-order valence-corrected chi connectivity index (χ4v) is 2.30. The third kappa shape index (κ3) is 5.35. The SMILES string of the molecule is CCC(C)(C)Oc1ccc(C(=O)c2ccc(OC(C)(C)CC)cc2)cc1. The van der Waals surface area contributed by atoms with Crippen molar-refractivity contribution in [2.45, 2.75) is 65.6 Å². The smallest absolute Gasteiger partial charge is 0.193 e. The van der Waals surface area contributed by atoms with E-state index >= 15 is 0 Å². The molecule has 3 heteroatoms. The maximum Gasteiger partial charge on any atom is 0.193 e. The van der Waals surface area contributed by atoms with Crippen molar-refractivity contribution in [2.75, 3.05) is 0 Å². The van der Waals surface area contributed by atoms with Crippen LogP contribution in [-0.4, -0.2) is 17.0 Å². The molecule has 0 atom stereocenters. The third-order valence-electron chi connectivity index (χ3n) is 4.72. The van der Waals surface area contributed by atoms with Crippen molar-refractivity contribution in [1.82, 2.24) is 0 Å². The zero-order chi connectivity index (χ0) is 19.4. The standard InChI is InChI=1S/C23H30O3/c1-7-22(3,4)25-19-13-9-17(10-14-19)21(24)18-11-15-20(16-12-18)26-23(5,6)8-2/h9-16H,7-8H2,1-6H3. The predicted molar refractivity (Wildman–Crippen MR) is 106 cm³/mol. The quantitative estimate of drug-likeness (QED) is 0.541. The monoisotopic (exact) mass is 354 g/mol. The van der Waals surface area contributed by atoms with E-state index in [1.807, 2.05) is 48.5 Å². The number of carbonyl (C=O) groups excluding carboxylic acids is 1. The predicted octanol–water partition coefficient (Wildman–Crippen LogP) is 6.05. The zero-order valence-corrected chi connectivity index (χ0v) is 16.8. The summed E-state index contributed by atoms with van der Waals surface area (Å²) in [5.74, 6) is 1.55. The summed E-state index contributed by atoms with van der Waals surface area (Å²) >= 11 is 0. The van der Waals surface area contributed by atoms with Gasteiger partial charge >= 0.3 is 0 Å². The Balaban J connectivity index is 2.09. The minimum Gasteiger partial charge on any atom is -0.488 e. The molecule has 140 valence electrons. The highest BCUT2D eigenvalue weighted by molar-refractivity contribution is 6.09. The molecule has 0 radical (unpaired) electrons. The van der Waals surface area contributed by atoms with E-state index in [1.165, 1.54) is 0 Å². The van der Waals surface area contributed by atoms with Crippen LogP contribution in [0.4, 0.5) is 0 Å². The summed E-state index contributed by atoms with van der Waals surface area (Å²) in [7, 11) is 0. The second-order valence-electron chi connectivity index (χ2n) is 7.81. The summed E-state index contributed by atoms with van der Waals surface area (Å²) in [5.41, 5.74) is 0.866. The minimum absolute atomic E-state index is 0.00685. The lowest BCUT2D eigenvalue weighted by Gasteiger charge is -2.25. The van der Waals surface area contributed by atoms with Crippen molar-refractivity contribution >= 4 is 5.78 Å². The molecule has 0 saturated carbocycles. The van der Waals surface area contributed by atoms with Crippen LogP contribution >= 0.6 is 0 Å². The van der Waals surface area contributed by atoms with E-state index in [0.29, 0.717) is 11.1 Å². The Hall–Kier alpha value is -2.29. The van der Waals surface area contributed by atoms with Crippen LogP contribution in [0.2, 0.25) is 0 Å². The van der Waals surface area contributed by atoms with E-state index in [1.54, 1.807) is 0 Å². The van der Waals surface area contributed by atoms with Crippen LogP contribution in [0.25, 0.3) is 0 Å². The summed E-state index contributed by atoms with van der Waals surface area (Å²) in [4.78, 5) is 12.7. The Bertz CT molecular complexity index is 662. The second-order valence-corrected chi connectivity index (χ2v) is 7.81. The van der Waals surface area contributed by atoms with Gasteiger partial charge in [0.2, 0.25) is 0 Å². The molecular formula is C23H30O3. The highest BCUT2D eigenvalue weighted by Gasteiger charge is 2.18. The molecule has 3 nitrogen and oxygen atoms in total. The molecule has 0 aliphatic rings. The van der Waals surface area contributed by atoms with Gasteiger partial charge in [0.15, 0.2) is 5.78 Å². The van der Waals surface area contributed by atoms with Crippen LogP contribution in [0.15, 0.2) is 48.5 Å². The van der Waals surface area contributed by atoms with Gasteiger partial charge in [0.05, 0.1) is 0 Å². The van der Waals surface area contributed by atoms with E-state index in [0.717, 1.165) is 24.3 Å². The molecule has 2 aromatic rings. The molecule has 26 heavy (non-hydrogen) atoms. The van der Waals surface area contributed by atoms with Gasteiger partial charge in [0.1, 0.15) is 22.7 Å². The van der Waals surface area contributed by atoms with Crippen molar-refractivity contribution < 1.29 is 14.3 Å². The number of carbonyl (C=O) groups is 1. The van der Waals surface area contributed by atoms with Crippen LogP contribution in [-0.2, 0) is 0 Å². The van der Waals surface area contributed by atoms with E-state index in [2.05, 4.69) is 41.5 Å². The molecule has 0 aromatic heterocycles. The minimum atomic E-state index is -0.215. The number of hydrogen-bond acceptors (Lipinski definition) is 3. The molecule has 0 amide bonds. The van der Waals surface area contributed by atoms with Gasteiger partial charge in [-0.1, -0.05) is 13.8 Å². The number of ketones is 1. The average molecular weight is 354 g/mol. The molecule has 0 aliphatic heterocycles. The fraction of sp³-hybridized carbons (Fsp3) is 0.435. The van der Waals surface area contributed by atoms with E-state index < -0.39 is 0 Å². The molecule has 0 aliphatic carbocycles. The molecule has 0 N–H and O–H groups in total. The molecule has 0 spiro atoms. The van der Waals surface area contributed by atoms with E-state index in [9.17, 15) is 4.79 Å². The van der Waals surface area contributed by atoms with Crippen LogP contribution in [0.1, 0.15) is 70.3 Å². The summed E-state index contributed by atoms with van der Waals surface area (Å²) in [6, 6.07) is 14.7. The van der Waals surface area contributed by atoms with E-state index in [-0.39, 0.29) is 17.0 Å². The topological polar surface area (TPSA) is 35.5 Å². The summed E-state index contributed by atoms with van der Waals surface area (Å²) in [6.07, 6.45) is 1.83. The molecule has 0 unspecified atom stereocenters. The Kier molecular flexibility index (Phi) is 6.12. The van der Waals surface area contributed by atoms with Gasteiger partial charge < -0.3 is 9.47 Å². The van der Waals surface area contributed by atoms with Gasteiger partial charge in [0.25, 0.3) is 0 Å². The normalized spacial score (nSPS) is 11.9. The Labute approximate surface area is 157 Å². The van der Waals surface area contributed by atoms with Gasteiger partial charge in [0, 0.05) is 11.1 Å². The summed E-state index contributed by atoms with van der Waals surface area (Å²) < 4.78 is 11.9. The van der Waals surface area contributed by atoms with Gasteiger partial charge in [-0.25, -0.2) is 0 Å². The Morgan fingerprint density at radius 2 is 1.00 bits per heavy atom. The highest BCUT2D eigenvalue weighted by Crippen LogP contribution is 2.24. The second kappa shape index (κ2) is 7.94. The van der Waals surface area contributed by atoms with Gasteiger partial charge in [-0.3, -0.25) is 4.79 Å². The largest absolute Gasteiger partial charge is 0.488 e. The number of hydrogen-bond donors (Lipinski definition) is 0. The molecule has 0 fully saturated rings. The number of ether oxygens (including phenoxy) is 2. The molecule has 0 bridgehead atoms. The first-order chi connectivity index (χ1) is 12.2. The van der Waals surface area contributed by atoms with Gasteiger partial charge in [-0.15, -0.1) is 0 Å². The molecular weight excluding hydrogens is 324 g/mol. The lowest BCUT2D eigenvalue weighted by atomic mass is 10.0. The van der Waals surface area contributed by atoms with Gasteiger partial charge in [-0.2, -0.15) is 0 Å². The number of rotatable bonds is 8. The van der Waals surface area contributed by atoms with Crippen LogP contribution < -0.4 is 9.47 Å². The van der Waals surface area contributed by atoms with Crippen molar-refractivity contribution in [2.24, 2.45) is 0 Å². The average Bonchev–Trinajstić information content (AvgIpc) is 2.62. The molecule has 0 heterocycles. The lowest BCUT2D eigenvalue weighted by molar-refractivity contribution is 0.103. The van der Waals surface area contributed by atoms with E-state index in [4.69, 9.17) is 9.47 Å². The third-order valence-corrected chi connectivity index (χ3v) is 4.72. The first kappa shape index (κ1) is 20.0. The maximum absolute atomic E-state index is 12.7. The van der Waals surface area contributed by atoms with Crippen LogP contribution in [0, 0.1) is 0 Å². The highest BCUT2D eigenvalue weighted by atomic mass is 16.5. The van der Waals surface area contributed by atoms with Crippen LogP contribution in [0.5, 0.6) is 11.5 Å². The fourth-order valence-electron chi connectivity index (χ4n) is 2.30. The molecule has 2 rings (SSSR count). The zero-order valence-electron chi connectivity index (χ0n) is 16.8. The summed E-state index contributed by atoms with van der Waals surface area (Å²) in [6.45, 7) is 12.4. The first-order valence-corrected chi connectivity index (χ1v) is 9.28. The maximum atomic E-state index is 12.7. The molecule has 0 saturated heterocycles. The summed E-state index contributed by atoms with van der Waals surface area (Å²) in [5, 5.41) is 0. The Morgan fingerprint density at radius 1 is 0.692 bits per heavy atom. The van der Waals surface area contributed by atoms with Crippen molar-refractivity contribution in [1.29, 1.82) is 0 Å². The van der Waals surface area contributed by atoms with Gasteiger partial charge in [-0.05, 0) is 89.1 Å². The Morgan fingerprint density at radius 3 is 1.27 bits per heavy atom. The van der Waals surface area contributed by atoms with Crippen molar-refractivity contribution in [3.63, 3.8) is 0 Å². The number of benzene rings is 2. The lowest BCUT2D eigenvalue weighted by Crippen LogP contribution is -2.26. The van der Waals surface area contributed by atoms with Crippen molar-refractivity contribution in [3.05, 3.63) is 59.7 Å². The van der Waals surface area contributed by atoms with Crippen LogP contribution in [0.3, 0.4) is 0 Å².